The van der Waals surface area contributed by atoms with E-state index in [9.17, 15) is 4.79 Å². The summed E-state index contributed by atoms with van der Waals surface area (Å²) in [5.41, 5.74) is 2.34. The Morgan fingerprint density at radius 3 is 2.71 bits per heavy atom. The monoisotopic (exact) mass is 283 g/mol. The molecule has 21 heavy (non-hydrogen) atoms. The summed E-state index contributed by atoms with van der Waals surface area (Å²) in [6.07, 6.45) is 0.227. The molecule has 1 unspecified atom stereocenters. The lowest BCUT2D eigenvalue weighted by Crippen LogP contribution is -2.12. The Morgan fingerprint density at radius 1 is 1.29 bits per heavy atom. The van der Waals surface area contributed by atoms with Crippen LogP contribution in [-0.2, 0) is 4.74 Å². The minimum absolute atomic E-state index is 0.124. The Morgan fingerprint density at radius 2 is 2.05 bits per heavy atom. The van der Waals surface area contributed by atoms with Crippen LogP contribution in [0.3, 0.4) is 0 Å². The molecule has 1 heterocycles. The maximum atomic E-state index is 12.2. The number of epoxide rings is 1. The molecule has 0 bridgehead atoms. The fourth-order valence-corrected chi connectivity index (χ4v) is 2.02. The molecule has 0 aromatic heterocycles. The van der Waals surface area contributed by atoms with Crippen LogP contribution in [0.15, 0.2) is 48.5 Å². The first-order valence-electron chi connectivity index (χ1n) is 6.94. The highest BCUT2D eigenvalue weighted by atomic mass is 16.6. The van der Waals surface area contributed by atoms with Crippen molar-refractivity contribution in [3.63, 3.8) is 0 Å². The van der Waals surface area contributed by atoms with E-state index in [4.69, 9.17) is 9.47 Å². The molecule has 0 spiro atoms. The summed E-state index contributed by atoms with van der Waals surface area (Å²) in [5.74, 6) is 0.670. The van der Waals surface area contributed by atoms with Crippen molar-refractivity contribution in [2.24, 2.45) is 0 Å². The van der Waals surface area contributed by atoms with E-state index in [1.165, 1.54) is 0 Å². The molecule has 4 nitrogen and oxygen atoms in total. The Labute approximate surface area is 123 Å². The zero-order chi connectivity index (χ0) is 14.7. The third-order valence-electron chi connectivity index (χ3n) is 3.30. The van der Waals surface area contributed by atoms with E-state index in [-0.39, 0.29) is 12.0 Å². The molecule has 0 aliphatic carbocycles. The molecule has 1 amide bonds. The van der Waals surface area contributed by atoms with E-state index in [1.807, 2.05) is 49.4 Å². The van der Waals surface area contributed by atoms with Crippen molar-refractivity contribution >= 4 is 11.6 Å². The van der Waals surface area contributed by atoms with E-state index in [0.29, 0.717) is 12.2 Å². The molecule has 1 aliphatic heterocycles. The van der Waals surface area contributed by atoms with Crippen LogP contribution in [0, 0.1) is 6.92 Å². The number of rotatable bonds is 5. The lowest BCUT2D eigenvalue weighted by atomic mass is 10.1. The molecule has 0 saturated carbocycles. The van der Waals surface area contributed by atoms with Gasteiger partial charge in [0.1, 0.15) is 18.5 Å². The van der Waals surface area contributed by atoms with Gasteiger partial charge in [-0.1, -0.05) is 18.2 Å². The van der Waals surface area contributed by atoms with E-state index < -0.39 is 0 Å². The van der Waals surface area contributed by atoms with Gasteiger partial charge >= 0.3 is 0 Å². The number of para-hydroxylation sites is 1. The fraction of sp³-hybridized carbons (Fsp3) is 0.235. The number of ether oxygens (including phenoxy) is 2. The highest BCUT2D eigenvalue weighted by Gasteiger charge is 2.23. The Balaban J connectivity index is 1.67. The van der Waals surface area contributed by atoms with Gasteiger partial charge in [-0.3, -0.25) is 4.79 Å². The summed E-state index contributed by atoms with van der Waals surface area (Å²) in [7, 11) is 0. The van der Waals surface area contributed by atoms with Gasteiger partial charge in [-0.05, 0) is 42.8 Å². The number of anilines is 1. The zero-order valence-corrected chi connectivity index (χ0v) is 11.8. The predicted octanol–water partition coefficient (Wildman–Crippen LogP) is 3.02. The second kappa shape index (κ2) is 5.97. The smallest absolute Gasteiger partial charge is 0.255 e. The third-order valence-corrected chi connectivity index (χ3v) is 3.30. The molecular formula is C17H17NO3. The number of amides is 1. The Kier molecular flexibility index (Phi) is 3.88. The van der Waals surface area contributed by atoms with Gasteiger partial charge in [0.05, 0.1) is 6.61 Å². The number of carbonyl (C=O) groups is 1. The molecular weight excluding hydrogens is 266 g/mol. The van der Waals surface area contributed by atoms with Crippen molar-refractivity contribution in [3.05, 3.63) is 59.7 Å². The number of hydrogen-bond acceptors (Lipinski definition) is 3. The van der Waals surface area contributed by atoms with E-state index in [0.717, 1.165) is 23.6 Å². The number of nitrogens with one attached hydrogen (secondary N) is 1. The van der Waals surface area contributed by atoms with Crippen LogP contribution in [-0.4, -0.2) is 25.2 Å². The predicted molar refractivity (Wildman–Crippen MR) is 80.8 cm³/mol. The second-order valence-electron chi connectivity index (χ2n) is 5.07. The molecule has 2 aromatic carbocycles. The maximum Gasteiger partial charge on any atom is 0.255 e. The number of benzene rings is 2. The van der Waals surface area contributed by atoms with Gasteiger partial charge in [0, 0.05) is 11.3 Å². The molecule has 1 saturated heterocycles. The SMILES string of the molecule is Cc1cc(C(=O)Nc2ccccc2)ccc1OCC1CO1. The van der Waals surface area contributed by atoms with E-state index in [2.05, 4.69) is 5.32 Å². The Hall–Kier alpha value is -2.33. The van der Waals surface area contributed by atoms with Crippen LogP contribution in [0.25, 0.3) is 0 Å². The van der Waals surface area contributed by atoms with Crippen molar-refractivity contribution in [3.8, 4) is 5.75 Å². The first-order chi connectivity index (χ1) is 10.2. The number of carbonyl (C=O) groups excluding carboxylic acids is 1. The quantitative estimate of drug-likeness (QED) is 0.858. The molecule has 2 aromatic rings. The van der Waals surface area contributed by atoms with Crippen molar-refractivity contribution in [1.29, 1.82) is 0 Å². The molecule has 1 atom stereocenters. The zero-order valence-electron chi connectivity index (χ0n) is 11.8. The van der Waals surface area contributed by atoms with Crippen LogP contribution in [0.4, 0.5) is 5.69 Å². The highest BCUT2D eigenvalue weighted by Crippen LogP contribution is 2.21. The molecule has 1 N–H and O–H groups in total. The summed E-state index contributed by atoms with van der Waals surface area (Å²) in [6.45, 7) is 3.27. The summed E-state index contributed by atoms with van der Waals surface area (Å²) >= 11 is 0. The highest BCUT2D eigenvalue weighted by molar-refractivity contribution is 6.04. The lowest BCUT2D eigenvalue weighted by molar-refractivity contribution is 0.102. The molecule has 0 radical (unpaired) electrons. The minimum atomic E-state index is -0.124. The summed E-state index contributed by atoms with van der Waals surface area (Å²) in [6, 6.07) is 14.8. The van der Waals surface area contributed by atoms with Crippen LogP contribution in [0.5, 0.6) is 5.75 Å². The normalized spacial score (nSPS) is 16.3. The fourth-order valence-electron chi connectivity index (χ4n) is 2.02. The van der Waals surface area contributed by atoms with E-state index >= 15 is 0 Å². The van der Waals surface area contributed by atoms with Crippen molar-refractivity contribution < 1.29 is 14.3 Å². The maximum absolute atomic E-state index is 12.2. The van der Waals surface area contributed by atoms with Crippen molar-refractivity contribution in [2.45, 2.75) is 13.0 Å². The first-order valence-corrected chi connectivity index (χ1v) is 6.94. The topological polar surface area (TPSA) is 50.9 Å². The van der Waals surface area contributed by atoms with Gasteiger partial charge in [0.25, 0.3) is 5.91 Å². The number of hydrogen-bond donors (Lipinski definition) is 1. The Bertz CT molecular complexity index is 636. The summed E-state index contributed by atoms with van der Waals surface area (Å²) < 4.78 is 10.8. The van der Waals surface area contributed by atoms with Gasteiger partial charge in [0.2, 0.25) is 0 Å². The van der Waals surface area contributed by atoms with Gasteiger partial charge in [-0.15, -0.1) is 0 Å². The van der Waals surface area contributed by atoms with Gasteiger partial charge < -0.3 is 14.8 Å². The standard InChI is InChI=1S/C17H17NO3/c1-12-9-13(7-8-16(12)21-11-15-10-20-15)17(19)18-14-5-3-2-4-6-14/h2-9,15H,10-11H2,1H3,(H,18,19). The number of aryl methyl sites for hydroxylation is 1. The largest absolute Gasteiger partial charge is 0.491 e. The van der Waals surface area contributed by atoms with Gasteiger partial charge in [-0.2, -0.15) is 0 Å². The average Bonchev–Trinajstić information content (AvgIpc) is 3.31. The van der Waals surface area contributed by atoms with Crippen LogP contribution in [0.2, 0.25) is 0 Å². The van der Waals surface area contributed by atoms with Crippen molar-refractivity contribution in [2.75, 3.05) is 18.5 Å². The van der Waals surface area contributed by atoms with Crippen LogP contribution in [0.1, 0.15) is 15.9 Å². The third kappa shape index (κ3) is 3.61. The van der Waals surface area contributed by atoms with Gasteiger partial charge in [0.15, 0.2) is 0 Å². The van der Waals surface area contributed by atoms with Crippen LogP contribution >= 0.6 is 0 Å². The second-order valence-corrected chi connectivity index (χ2v) is 5.07. The summed E-state index contributed by atoms with van der Waals surface area (Å²) in [5, 5.41) is 2.87. The molecule has 4 heteroatoms. The van der Waals surface area contributed by atoms with Crippen LogP contribution < -0.4 is 10.1 Å². The molecule has 3 rings (SSSR count). The summed E-state index contributed by atoms with van der Waals surface area (Å²) in [4.78, 5) is 12.2. The van der Waals surface area contributed by atoms with Crippen molar-refractivity contribution in [1.82, 2.24) is 0 Å². The van der Waals surface area contributed by atoms with E-state index in [1.54, 1.807) is 6.07 Å². The minimum Gasteiger partial charge on any atom is -0.491 e. The first kappa shape index (κ1) is 13.6. The lowest BCUT2D eigenvalue weighted by Gasteiger charge is -2.10. The van der Waals surface area contributed by atoms with Gasteiger partial charge in [-0.25, -0.2) is 0 Å². The average molecular weight is 283 g/mol. The molecule has 108 valence electrons. The molecule has 1 fully saturated rings. The molecule has 1 aliphatic rings.